The van der Waals surface area contributed by atoms with Crippen molar-refractivity contribution in [3.8, 4) is 11.5 Å². The third kappa shape index (κ3) is 5.56. The molecule has 2 rings (SSSR count). The van der Waals surface area contributed by atoms with E-state index in [0.717, 1.165) is 0 Å². The minimum absolute atomic E-state index is 0.0826. The van der Waals surface area contributed by atoms with Gasteiger partial charge in [0.25, 0.3) is 5.56 Å². The van der Waals surface area contributed by atoms with Crippen molar-refractivity contribution in [3.05, 3.63) is 27.3 Å². The number of carbonyl (C=O) groups excluding carboxylic acids is 1. The predicted octanol–water partition coefficient (Wildman–Crippen LogP) is 2.40. The Labute approximate surface area is 168 Å². The molecule has 0 saturated heterocycles. The fourth-order valence-electron chi connectivity index (χ4n) is 2.78. The molecule has 0 unspecified atom stereocenters. The molecule has 1 aromatic heterocycles. The maximum Gasteiger partial charge on any atom is 0.262 e. The Morgan fingerprint density at radius 3 is 2.54 bits per heavy atom. The Kier molecular flexibility index (Phi) is 8.46. The topological polar surface area (TPSA) is 94.6 Å². The third-order valence-electron chi connectivity index (χ3n) is 4.06. The Balaban J connectivity index is 2.23. The van der Waals surface area contributed by atoms with Crippen LogP contribution in [-0.4, -0.2) is 48.9 Å². The van der Waals surface area contributed by atoms with E-state index in [1.165, 1.54) is 4.57 Å². The quantitative estimate of drug-likeness (QED) is 0.437. The largest absolute Gasteiger partial charge is 0.490 e. The van der Waals surface area contributed by atoms with Crippen LogP contribution in [0.2, 0.25) is 0 Å². The number of H-pyrrole nitrogens is 1. The van der Waals surface area contributed by atoms with Crippen molar-refractivity contribution in [3.63, 3.8) is 0 Å². The summed E-state index contributed by atoms with van der Waals surface area (Å²) >= 11 is 5.34. The molecule has 0 aliphatic rings. The highest BCUT2D eigenvalue weighted by molar-refractivity contribution is 7.71. The fourth-order valence-corrected chi connectivity index (χ4v) is 3.06. The SMILES string of the molecule is CCOc1cc2[nH]c(=S)n(CCCC(=O)NCCOC)c(=O)c2cc1OCC. The first-order valence-corrected chi connectivity index (χ1v) is 9.74. The molecule has 0 fully saturated rings. The van der Waals surface area contributed by atoms with E-state index in [2.05, 4.69) is 10.3 Å². The van der Waals surface area contributed by atoms with Gasteiger partial charge in [-0.15, -0.1) is 0 Å². The average Bonchev–Trinajstić information content (AvgIpc) is 2.66. The van der Waals surface area contributed by atoms with Crippen LogP contribution in [0.25, 0.3) is 10.9 Å². The second-order valence-corrected chi connectivity index (χ2v) is 6.43. The number of benzene rings is 1. The first kappa shape index (κ1) is 21.9. The number of rotatable bonds is 11. The van der Waals surface area contributed by atoms with E-state index >= 15 is 0 Å². The second kappa shape index (κ2) is 10.8. The van der Waals surface area contributed by atoms with Crippen LogP contribution in [0.3, 0.4) is 0 Å². The van der Waals surface area contributed by atoms with Gasteiger partial charge < -0.3 is 24.5 Å². The standard InChI is InChI=1S/C19H27N3O5S/c1-4-26-15-11-13-14(12-16(15)27-5-2)21-19(28)22(18(13)24)9-6-7-17(23)20-8-10-25-3/h11-12H,4-10H2,1-3H3,(H,20,23)(H,21,28). The van der Waals surface area contributed by atoms with Crippen LogP contribution >= 0.6 is 12.2 Å². The zero-order valence-corrected chi connectivity index (χ0v) is 17.3. The maximum absolute atomic E-state index is 12.9. The highest BCUT2D eigenvalue weighted by Gasteiger charge is 2.13. The monoisotopic (exact) mass is 409 g/mol. The lowest BCUT2D eigenvalue weighted by Gasteiger charge is -2.13. The number of aromatic amines is 1. The smallest absolute Gasteiger partial charge is 0.262 e. The molecule has 0 aliphatic heterocycles. The van der Waals surface area contributed by atoms with E-state index in [9.17, 15) is 9.59 Å². The number of hydrogen-bond donors (Lipinski definition) is 2. The number of amides is 1. The highest BCUT2D eigenvalue weighted by atomic mass is 32.1. The summed E-state index contributed by atoms with van der Waals surface area (Å²) in [4.78, 5) is 27.8. The molecule has 0 bridgehead atoms. The molecule has 1 heterocycles. The molecule has 8 nitrogen and oxygen atoms in total. The summed E-state index contributed by atoms with van der Waals surface area (Å²) in [5.74, 6) is 0.997. The summed E-state index contributed by atoms with van der Waals surface area (Å²) in [5, 5.41) is 3.22. The Bertz CT molecular complexity index is 922. The van der Waals surface area contributed by atoms with E-state index in [-0.39, 0.29) is 11.5 Å². The number of nitrogens with one attached hydrogen (secondary N) is 2. The van der Waals surface area contributed by atoms with Gasteiger partial charge in [-0.05, 0) is 38.6 Å². The molecule has 1 aromatic carbocycles. The summed E-state index contributed by atoms with van der Waals surface area (Å²) in [6.07, 6.45) is 0.799. The van der Waals surface area contributed by atoms with Crippen LogP contribution in [0.15, 0.2) is 16.9 Å². The molecule has 0 saturated carbocycles. The molecule has 0 radical (unpaired) electrons. The summed E-state index contributed by atoms with van der Waals surface area (Å²) in [6, 6.07) is 3.40. The maximum atomic E-state index is 12.9. The molecule has 154 valence electrons. The van der Waals surface area contributed by atoms with Crippen molar-refractivity contribution >= 4 is 29.0 Å². The zero-order valence-electron chi connectivity index (χ0n) is 16.5. The van der Waals surface area contributed by atoms with Crippen LogP contribution in [-0.2, 0) is 16.1 Å². The normalized spacial score (nSPS) is 10.8. The van der Waals surface area contributed by atoms with E-state index < -0.39 is 0 Å². The number of carbonyl (C=O) groups is 1. The van der Waals surface area contributed by atoms with Crippen LogP contribution in [0.5, 0.6) is 11.5 Å². The molecular formula is C19H27N3O5S. The molecule has 1 amide bonds. The van der Waals surface area contributed by atoms with Gasteiger partial charge in [-0.1, -0.05) is 0 Å². The van der Waals surface area contributed by atoms with Crippen LogP contribution in [0.4, 0.5) is 0 Å². The molecule has 0 atom stereocenters. The van der Waals surface area contributed by atoms with Gasteiger partial charge >= 0.3 is 0 Å². The van der Waals surface area contributed by atoms with Gasteiger partial charge in [0, 0.05) is 32.7 Å². The summed E-state index contributed by atoms with van der Waals surface area (Å²) in [5.41, 5.74) is 0.373. The zero-order chi connectivity index (χ0) is 20.5. The number of hydrogen-bond acceptors (Lipinski definition) is 6. The molecule has 2 N–H and O–H groups in total. The van der Waals surface area contributed by atoms with Crippen molar-refractivity contribution in [2.45, 2.75) is 33.2 Å². The van der Waals surface area contributed by atoms with Gasteiger partial charge in [-0.3, -0.25) is 14.2 Å². The minimum Gasteiger partial charge on any atom is -0.490 e. The molecule has 0 spiro atoms. The summed E-state index contributed by atoms with van der Waals surface area (Å²) in [7, 11) is 1.58. The molecule has 28 heavy (non-hydrogen) atoms. The Hall–Kier alpha value is -2.39. The Morgan fingerprint density at radius 1 is 1.21 bits per heavy atom. The molecule has 9 heteroatoms. The fraction of sp³-hybridized carbons (Fsp3) is 0.526. The Morgan fingerprint density at radius 2 is 1.89 bits per heavy atom. The average molecular weight is 410 g/mol. The lowest BCUT2D eigenvalue weighted by molar-refractivity contribution is -0.121. The van der Waals surface area contributed by atoms with Crippen LogP contribution in [0, 0.1) is 4.77 Å². The number of ether oxygens (including phenoxy) is 3. The molecule has 2 aromatic rings. The number of aromatic nitrogens is 2. The van der Waals surface area contributed by atoms with Gasteiger partial charge in [0.15, 0.2) is 16.3 Å². The lowest BCUT2D eigenvalue weighted by atomic mass is 10.2. The summed E-state index contributed by atoms with van der Waals surface area (Å²) < 4.78 is 17.9. The molecule has 0 aliphatic carbocycles. The van der Waals surface area contributed by atoms with Gasteiger partial charge in [-0.2, -0.15) is 0 Å². The highest BCUT2D eigenvalue weighted by Crippen LogP contribution is 2.30. The number of nitrogens with zero attached hydrogens (tertiary/aromatic N) is 1. The summed E-state index contributed by atoms with van der Waals surface area (Å²) in [6.45, 7) is 5.97. The second-order valence-electron chi connectivity index (χ2n) is 6.04. The van der Waals surface area contributed by atoms with Gasteiger partial charge in [0.05, 0.1) is 30.7 Å². The minimum atomic E-state index is -0.220. The van der Waals surface area contributed by atoms with Gasteiger partial charge in [0.2, 0.25) is 5.91 Å². The molecular weight excluding hydrogens is 382 g/mol. The van der Waals surface area contributed by atoms with Gasteiger partial charge in [0.1, 0.15) is 0 Å². The predicted molar refractivity (Wildman–Crippen MR) is 110 cm³/mol. The van der Waals surface area contributed by atoms with Crippen molar-refractivity contribution in [2.24, 2.45) is 0 Å². The van der Waals surface area contributed by atoms with Crippen molar-refractivity contribution in [1.29, 1.82) is 0 Å². The van der Waals surface area contributed by atoms with Crippen molar-refractivity contribution < 1.29 is 19.0 Å². The lowest BCUT2D eigenvalue weighted by Crippen LogP contribution is -2.28. The first-order chi connectivity index (χ1) is 13.5. The van der Waals surface area contributed by atoms with Crippen LogP contribution in [0.1, 0.15) is 26.7 Å². The van der Waals surface area contributed by atoms with Crippen LogP contribution < -0.4 is 20.3 Å². The van der Waals surface area contributed by atoms with E-state index in [0.29, 0.717) is 72.9 Å². The van der Waals surface area contributed by atoms with Crippen molar-refractivity contribution in [1.82, 2.24) is 14.9 Å². The van der Waals surface area contributed by atoms with E-state index in [4.69, 9.17) is 26.4 Å². The van der Waals surface area contributed by atoms with Crippen molar-refractivity contribution in [2.75, 3.05) is 33.5 Å². The number of methoxy groups -OCH3 is 1. The van der Waals surface area contributed by atoms with E-state index in [1.54, 1.807) is 19.2 Å². The number of fused-ring (bicyclic) bond motifs is 1. The first-order valence-electron chi connectivity index (χ1n) is 9.33. The van der Waals surface area contributed by atoms with E-state index in [1.807, 2.05) is 13.8 Å². The van der Waals surface area contributed by atoms with Gasteiger partial charge in [-0.25, -0.2) is 0 Å². The third-order valence-corrected chi connectivity index (χ3v) is 4.38.